The molecule has 1 aliphatic carbocycles. The minimum Gasteiger partial charge on any atom is -0.327 e. The van der Waals surface area contributed by atoms with Gasteiger partial charge < -0.3 is 5.73 Å². The second-order valence-corrected chi connectivity index (χ2v) is 4.67. The van der Waals surface area contributed by atoms with Crippen molar-refractivity contribution in [3.8, 4) is 0 Å². The highest BCUT2D eigenvalue weighted by Crippen LogP contribution is 2.52. The summed E-state index contributed by atoms with van der Waals surface area (Å²) in [5.41, 5.74) is 6.48. The Morgan fingerprint density at radius 1 is 1.45 bits per heavy atom. The summed E-state index contributed by atoms with van der Waals surface area (Å²) in [4.78, 5) is 0. The molecule has 0 aromatic rings. The second kappa shape index (κ2) is 2.64. The average molecular weight is 172 g/mol. The van der Waals surface area contributed by atoms with Crippen molar-refractivity contribution < 1.29 is 0 Å². The van der Waals surface area contributed by atoms with E-state index in [9.17, 15) is 0 Å². The van der Waals surface area contributed by atoms with Crippen molar-refractivity contribution in [3.05, 3.63) is 0 Å². The standard InChI is InChI=1S/C8H16N2S/c1-11-10-4-2-8(3-5-10)6-7(8)9/h7H,2-6,9H2,1H3. The maximum atomic E-state index is 5.89. The van der Waals surface area contributed by atoms with Gasteiger partial charge in [0.25, 0.3) is 0 Å². The van der Waals surface area contributed by atoms with E-state index in [0.29, 0.717) is 11.5 Å². The lowest BCUT2D eigenvalue weighted by atomic mass is 9.94. The third-order valence-electron chi connectivity index (χ3n) is 3.23. The minimum absolute atomic E-state index is 0.534. The first-order valence-electron chi connectivity index (χ1n) is 4.31. The Morgan fingerprint density at radius 2 is 2.00 bits per heavy atom. The van der Waals surface area contributed by atoms with Gasteiger partial charge in [0.05, 0.1) is 0 Å². The van der Waals surface area contributed by atoms with Crippen molar-refractivity contribution in [2.45, 2.75) is 25.3 Å². The van der Waals surface area contributed by atoms with Gasteiger partial charge in [-0.2, -0.15) is 0 Å². The molecular formula is C8H16N2S. The molecule has 11 heavy (non-hydrogen) atoms. The SMILES string of the molecule is CSN1CCC2(CC1)CC2N. The van der Waals surface area contributed by atoms with Crippen LogP contribution in [0.5, 0.6) is 0 Å². The molecule has 0 bridgehead atoms. The maximum Gasteiger partial charge on any atom is 0.0103 e. The molecule has 1 heterocycles. The molecule has 0 radical (unpaired) electrons. The summed E-state index contributed by atoms with van der Waals surface area (Å²) in [5, 5.41) is 0. The minimum atomic E-state index is 0.534. The molecule has 1 aliphatic heterocycles. The van der Waals surface area contributed by atoms with Crippen molar-refractivity contribution in [1.82, 2.24) is 4.31 Å². The van der Waals surface area contributed by atoms with Crippen LogP contribution in [0.3, 0.4) is 0 Å². The maximum absolute atomic E-state index is 5.89. The highest BCUT2D eigenvalue weighted by atomic mass is 32.2. The van der Waals surface area contributed by atoms with Gasteiger partial charge in [-0.25, -0.2) is 0 Å². The number of nitrogens with zero attached hydrogens (tertiary/aromatic N) is 1. The number of piperidine rings is 1. The molecule has 0 aromatic heterocycles. The molecule has 1 unspecified atom stereocenters. The van der Waals surface area contributed by atoms with E-state index in [1.54, 1.807) is 0 Å². The van der Waals surface area contributed by atoms with Gasteiger partial charge in [0.15, 0.2) is 0 Å². The predicted octanol–water partition coefficient (Wildman–Crippen LogP) is 1.08. The van der Waals surface area contributed by atoms with Crippen LogP contribution in [0.15, 0.2) is 0 Å². The van der Waals surface area contributed by atoms with Gasteiger partial charge in [-0.15, -0.1) is 0 Å². The van der Waals surface area contributed by atoms with Gasteiger partial charge in [-0.3, -0.25) is 4.31 Å². The zero-order chi connectivity index (χ0) is 7.90. The lowest BCUT2D eigenvalue weighted by Crippen LogP contribution is -2.32. The van der Waals surface area contributed by atoms with Crippen LogP contribution in [0.25, 0.3) is 0 Å². The fourth-order valence-corrected chi connectivity index (χ4v) is 2.62. The summed E-state index contributed by atoms with van der Waals surface area (Å²) in [6.45, 7) is 2.49. The summed E-state index contributed by atoms with van der Waals surface area (Å²) in [6, 6.07) is 0.534. The van der Waals surface area contributed by atoms with Crippen LogP contribution in [0.2, 0.25) is 0 Å². The first kappa shape index (κ1) is 7.90. The molecule has 0 aromatic carbocycles. The lowest BCUT2D eigenvalue weighted by Gasteiger charge is -2.30. The van der Waals surface area contributed by atoms with Crippen LogP contribution in [-0.4, -0.2) is 29.7 Å². The van der Waals surface area contributed by atoms with Gasteiger partial charge in [0.2, 0.25) is 0 Å². The Hall–Kier alpha value is 0.270. The van der Waals surface area contributed by atoms with Crippen molar-refractivity contribution >= 4 is 11.9 Å². The van der Waals surface area contributed by atoms with Crippen LogP contribution in [0, 0.1) is 5.41 Å². The zero-order valence-electron chi connectivity index (χ0n) is 7.05. The normalized spacial score (nSPS) is 36.0. The first-order valence-corrected chi connectivity index (χ1v) is 5.50. The van der Waals surface area contributed by atoms with E-state index in [1.165, 1.54) is 32.4 Å². The first-order chi connectivity index (χ1) is 5.27. The van der Waals surface area contributed by atoms with Crippen LogP contribution in [0.4, 0.5) is 0 Å². The second-order valence-electron chi connectivity index (χ2n) is 3.78. The zero-order valence-corrected chi connectivity index (χ0v) is 7.86. The van der Waals surface area contributed by atoms with Crippen molar-refractivity contribution in [1.29, 1.82) is 0 Å². The highest BCUT2D eigenvalue weighted by molar-refractivity contribution is 7.96. The molecule has 1 spiro atoms. The molecule has 1 saturated heterocycles. The van der Waals surface area contributed by atoms with E-state index in [1.807, 2.05) is 11.9 Å². The Kier molecular flexibility index (Phi) is 1.90. The van der Waals surface area contributed by atoms with Gasteiger partial charge in [-0.1, -0.05) is 11.9 Å². The number of hydrogen-bond donors (Lipinski definition) is 1. The van der Waals surface area contributed by atoms with Crippen molar-refractivity contribution in [3.63, 3.8) is 0 Å². The monoisotopic (exact) mass is 172 g/mol. The fraction of sp³-hybridized carbons (Fsp3) is 1.00. The van der Waals surface area contributed by atoms with E-state index in [2.05, 4.69) is 10.6 Å². The van der Waals surface area contributed by atoms with E-state index >= 15 is 0 Å². The summed E-state index contributed by atoms with van der Waals surface area (Å²) < 4.78 is 2.44. The number of hydrogen-bond acceptors (Lipinski definition) is 3. The van der Waals surface area contributed by atoms with Gasteiger partial charge in [0, 0.05) is 19.1 Å². The molecule has 1 saturated carbocycles. The van der Waals surface area contributed by atoms with E-state index in [-0.39, 0.29) is 0 Å². The average Bonchev–Trinajstić information content (AvgIpc) is 2.64. The van der Waals surface area contributed by atoms with E-state index in [0.717, 1.165) is 0 Å². The number of rotatable bonds is 1. The third kappa shape index (κ3) is 1.30. The molecule has 1 atom stereocenters. The van der Waals surface area contributed by atoms with Crippen molar-refractivity contribution in [2.24, 2.45) is 11.1 Å². The van der Waals surface area contributed by atoms with E-state index < -0.39 is 0 Å². The van der Waals surface area contributed by atoms with Gasteiger partial charge >= 0.3 is 0 Å². The molecule has 0 amide bonds. The van der Waals surface area contributed by atoms with Crippen LogP contribution in [-0.2, 0) is 0 Å². The third-order valence-corrected chi connectivity index (χ3v) is 4.11. The fourth-order valence-electron chi connectivity index (χ4n) is 2.07. The van der Waals surface area contributed by atoms with Crippen LogP contribution >= 0.6 is 11.9 Å². The Balaban J connectivity index is 1.86. The molecular weight excluding hydrogens is 156 g/mol. The van der Waals surface area contributed by atoms with Crippen LogP contribution in [0.1, 0.15) is 19.3 Å². The Morgan fingerprint density at radius 3 is 2.36 bits per heavy atom. The van der Waals surface area contributed by atoms with E-state index in [4.69, 9.17) is 5.73 Å². The summed E-state index contributed by atoms with van der Waals surface area (Å²) in [6.07, 6.45) is 6.10. The topological polar surface area (TPSA) is 29.3 Å². The van der Waals surface area contributed by atoms with Crippen LogP contribution < -0.4 is 5.73 Å². The molecule has 2 aliphatic rings. The molecule has 2 rings (SSSR count). The predicted molar refractivity (Wildman–Crippen MR) is 49.3 cm³/mol. The smallest absolute Gasteiger partial charge is 0.0103 e. The highest BCUT2D eigenvalue weighted by Gasteiger charge is 2.52. The van der Waals surface area contributed by atoms with Gasteiger partial charge in [-0.05, 0) is 30.9 Å². The molecule has 2 nitrogen and oxygen atoms in total. The molecule has 64 valence electrons. The number of nitrogens with two attached hydrogens (primary N) is 1. The Labute approximate surface area is 72.6 Å². The van der Waals surface area contributed by atoms with Crippen molar-refractivity contribution in [2.75, 3.05) is 19.3 Å². The molecule has 3 heteroatoms. The Bertz CT molecular complexity index is 152. The lowest BCUT2D eigenvalue weighted by molar-refractivity contribution is 0.267. The molecule has 2 N–H and O–H groups in total. The summed E-state index contributed by atoms with van der Waals surface area (Å²) >= 11 is 1.87. The summed E-state index contributed by atoms with van der Waals surface area (Å²) in [5.74, 6) is 0. The largest absolute Gasteiger partial charge is 0.327 e. The summed E-state index contributed by atoms with van der Waals surface area (Å²) in [7, 11) is 0. The quantitative estimate of drug-likeness (QED) is 0.600. The van der Waals surface area contributed by atoms with Gasteiger partial charge in [0.1, 0.15) is 0 Å². The molecule has 2 fully saturated rings.